The van der Waals surface area contributed by atoms with Gasteiger partial charge in [-0.1, -0.05) is 25.5 Å². The second-order valence-corrected chi connectivity index (χ2v) is 4.09. The van der Waals surface area contributed by atoms with Gasteiger partial charge in [0.25, 0.3) is 0 Å². The average Bonchev–Trinajstić information content (AvgIpc) is 2.52. The van der Waals surface area contributed by atoms with E-state index in [1.165, 1.54) is 0 Å². The molecule has 1 aliphatic heterocycles. The summed E-state index contributed by atoms with van der Waals surface area (Å²) >= 11 is 0. The molecule has 3 heteroatoms. The molecule has 15 heavy (non-hydrogen) atoms. The van der Waals surface area contributed by atoms with Crippen LogP contribution in [0.3, 0.4) is 0 Å². The Hall–Kier alpha value is -1.09. The SMILES string of the molecule is CCCC1Oc2c(ccc(C)c2F)C1N. The third kappa shape index (κ3) is 1.61. The van der Waals surface area contributed by atoms with Crippen molar-refractivity contribution in [2.45, 2.75) is 38.8 Å². The van der Waals surface area contributed by atoms with Gasteiger partial charge in [-0.3, -0.25) is 0 Å². The molecule has 0 amide bonds. The molecule has 2 rings (SSSR count). The molecule has 0 radical (unpaired) electrons. The summed E-state index contributed by atoms with van der Waals surface area (Å²) in [4.78, 5) is 0. The van der Waals surface area contributed by atoms with Gasteiger partial charge in [-0.05, 0) is 18.9 Å². The van der Waals surface area contributed by atoms with Crippen molar-refractivity contribution in [2.75, 3.05) is 0 Å². The summed E-state index contributed by atoms with van der Waals surface area (Å²) in [6.07, 6.45) is 1.79. The maximum absolute atomic E-state index is 13.7. The molecule has 2 nitrogen and oxygen atoms in total. The molecule has 2 unspecified atom stereocenters. The van der Waals surface area contributed by atoms with Crippen molar-refractivity contribution in [1.82, 2.24) is 0 Å². The van der Waals surface area contributed by atoms with Gasteiger partial charge in [-0.25, -0.2) is 4.39 Å². The number of hydrogen-bond donors (Lipinski definition) is 1. The van der Waals surface area contributed by atoms with E-state index in [4.69, 9.17) is 10.5 Å². The molecule has 0 aliphatic carbocycles. The largest absolute Gasteiger partial charge is 0.485 e. The highest BCUT2D eigenvalue weighted by atomic mass is 19.1. The summed E-state index contributed by atoms with van der Waals surface area (Å²) in [6.45, 7) is 3.80. The molecule has 0 bridgehead atoms. The van der Waals surface area contributed by atoms with Gasteiger partial charge in [0, 0.05) is 5.56 Å². The second kappa shape index (κ2) is 3.81. The molecule has 2 N–H and O–H groups in total. The van der Waals surface area contributed by atoms with Crippen LogP contribution in [0, 0.1) is 12.7 Å². The summed E-state index contributed by atoms with van der Waals surface area (Å²) in [5.41, 5.74) is 7.42. The van der Waals surface area contributed by atoms with Gasteiger partial charge in [0.05, 0.1) is 6.04 Å². The molecule has 1 heterocycles. The van der Waals surface area contributed by atoms with Crippen molar-refractivity contribution in [3.63, 3.8) is 0 Å². The lowest BCUT2D eigenvalue weighted by molar-refractivity contribution is 0.188. The van der Waals surface area contributed by atoms with Crippen LogP contribution in [0.2, 0.25) is 0 Å². The lowest BCUT2D eigenvalue weighted by Gasteiger charge is -2.13. The van der Waals surface area contributed by atoms with E-state index in [0.717, 1.165) is 18.4 Å². The van der Waals surface area contributed by atoms with Crippen molar-refractivity contribution >= 4 is 0 Å². The van der Waals surface area contributed by atoms with Gasteiger partial charge in [0.1, 0.15) is 6.10 Å². The molecule has 0 saturated carbocycles. The van der Waals surface area contributed by atoms with Gasteiger partial charge in [0.15, 0.2) is 11.6 Å². The predicted molar refractivity (Wildman–Crippen MR) is 57.4 cm³/mol. The van der Waals surface area contributed by atoms with Crippen molar-refractivity contribution < 1.29 is 9.13 Å². The molecule has 2 atom stereocenters. The standard InChI is InChI=1S/C12H16FNO/c1-3-4-9-11(14)8-6-5-7(2)10(13)12(8)15-9/h5-6,9,11H,3-4,14H2,1-2H3. The zero-order chi connectivity index (χ0) is 11.0. The number of hydrogen-bond acceptors (Lipinski definition) is 2. The fourth-order valence-electron chi connectivity index (χ4n) is 2.00. The normalized spacial score (nSPS) is 23.7. The third-order valence-electron chi connectivity index (χ3n) is 2.92. The summed E-state index contributed by atoms with van der Waals surface area (Å²) in [5, 5.41) is 0. The van der Waals surface area contributed by atoms with Crippen LogP contribution >= 0.6 is 0 Å². The number of halogens is 1. The Morgan fingerprint density at radius 2 is 2.20 bits per heavy atom. The Labute approximate surface area is 89.2 Å². The summed E-state index contributed by atoms with van der Waals surface area (Å²) in [7, 11) is 0. The van der Waals surface area contributed by atoms with E-state index >= 15 is 0 Å². The lowest BCUT2D eigenvalue weighted by Crippen LogP contribution is -2.24. The van der Waals surface area contributed by atoms with E-state index in [1.54, 1.807) is 13.0 Å². The molecular weight excluding hydrogens is 193 g/mol. The van der Waals surface area contributed by atoms with Gasteiger partial charge in [-0.15, -0.1) is 0 Å². The monoisotopic (exact) mass is 209 g/mol. The van der Waals surface area contributed by atoms with E-state index in [1.807, 2.05) is 6.07 Å². The van der Waals surface area contributed by atoms with E-state index in [2.05, 4.69) is 6.92 Å². The molecule has 82 valence electrons. The molecule has 0 fully saturated rings. The van der Waals surface area contributed by atoms with Crippen LogP contribution in [0.1, 0.15) is 36.9 Å². The first-order chi connectivity index (χ1) is 7.15. The fourth-order valence-corrected chi connectivity index (χ4v) is 2.00. The number of ether oxygens (including phenoxy) is 1. The van der Waals surface area contributed by atoms with Crippen LogP contribution in [-0.2, 0) is 0 Å². The van der Waals surface area contributed by atoms with Crippen LogP contribution in [0.25, 0.3) is 0 Å². The molecule has 1 aromatic rings. The number of rotatable bonds is 2. The minimum atomic E-state index is -0.262. The van der Waals surface area contributed by atoms with Crippen LogP contribution in [0.15, 0.2) is 12.1 Å². The maximum atomic E-state index is 13.7. The summed E-state index contributed by atoms with van der Waals surface area (Å²) in [6, 6.07) is 3.44. The van der Waals surface area contributed by atoms with E-state index in [9.17, 15) is 4.39 Å². The number of nitrogens with two attached hydrogens (primary N) is 1. The van der Waals surface area contributed by atoms with Crippen molar-refractivity contribution in [1.29, 1.82) is 0 Å². The van der Waals surface area contributed by atoms with Gasteiger partial charge < -0.3 is 10.5 Å². The molecule has 1 aliphatic rings. The number of benzene rings is 1. The third-order valence-corrected chi connectivity index (χ3v) is 2.92. The van der Waals surface area contributed by atoms with Crippen molar-refractivity contribution in [2.24, 2.45) is 5.73 Å². The topological polar surface area (TPSA) is 35.2 Å². The lowest BCUT2D eigenvalue weighted by atomic mass is 10.0. The van der Waals surface area contributed by atoms with Gasteiger partial charge in [0.2, 0.25) is 0 Å². The highest BCUT2D eigenvalue weighted by Crippen LogP contribution is 2.39. The molecule has 0 aromatic heterocycles. The quantitative estimate of drug-likeness (QED) is 0.812. The van der Waals surface area contributed by atoms with Crippen LogP contribution < -0.4 is 10.5 Å². The van der Waals surface area contributed by atoms with Gasteiger partial charge in [-0.2, -0.15) is 0 Å². The highest BCUT2D eigenvalue weighted by Gasteiger charge is 2.33. The minimum absolute atomic E-state index is 0.0682. The molecule has 1 aromatic carbocycles. The highest BCUT2D eigenvalue weighted by molar-refractivity contribution is 5.44. The smallest absolute Gasteiger partial charge is 0.168 e. The Balaban J connectivity index is 2.36. The Morgan fingerprint density at radius 3 is 2.87 bits per heavy atom. The first kappa shape index (κ1) is 10.4. The summed E-state index contributed by atoms with van der Waals surface area (Å²) < 4.78 is 19.3. The Bertz CT molecular complexity index is 378. The number of fused-ring (bicyclic) bond motifs is 1. The van der Waals surface area contributed by atoms with Crippen LogP contribution in [0.5, 0.6) is 5.75 Å². The number of aryl methyl sites for hydroxylation is 1. The average molecular weight is 209 g/mol. The molecule has 0 spiro atoms. The van der Waals surface area contributed by atoms with E-state index < -0.39 is 0 Å². The zero-order valence-corrected chi connectivity index (χ0v) is 9.09. The van der Waals surface area contributed by atoms with Crippen LogP contribution in [-0.4, -0.2) is 6.10 Å². The molecule has 0 saturated heterocycles. The molecular formula is C12H16FNO. The summed E-state index contributed by atoms with van der Waals surface area (Å²) in [5.74, 6) is 0.0995. The van der Waals surface area contributed by atoms with E-state index in [-0.39, 0.29) is 18.0 Å². The Morgan fingerprint density at radius 1 is 1.47 bits per heavy atom. The van der Waals surface area contributed by atoms with Crippen molar-refractivity contribution in [3.05, 3.63) is 29.1 Å². The first-order valence-electron chi connectivity index (χ1n) is 5.36. The van der Waals surface area contributed by atoms with E-state index in [0.29, 0.717) is 11.3 Å². The minimum Gasteiger partial charge on any atom is -0.485 e. The maximum Gasteiger partial charge on any atom is 0.168 e. The predicted octanol–water partition coefficient (Wildman–Crippen LogP) is 2.70. The zero-order valence-electron chi connectivity index (χ0n) is 9.09. The fraction of sp³-hybridized carbons (Fsp3) is 0.500. The van der Waals surface area contributed by atoms with Crippen molar-refractivity contribution in [3.8, 4) is 5.75 Å². The van der Waals surface area contributed by atoms with Gasteiger partial charge >= 0.3 is 0 Å². The Kier molecular flexibility index (Phi) is 2.65. The first-order valence-corrected chi connectivity index (χ1v) is 5.36. The van der Waals surface area contributed by atoms with Crippen LogP contribution in [0.4, 0.5) is 4.39 Å². The second-order valence-electron chi connectivity index (χ2n) is 4.09.